The van der Waals surface area contributed by atoms with Gasteiger partial charge in [-0.3, -0.25) is 4.90 Å². The van der Waals surface area contributed by atoms with Crippen molar-refractivity contribution in [3.8, 4) is 0 Å². The molecule has 2 atom stereocenters. The van der Waals surface area contributed by atoms with Crippen molar-refractivity contribution in [2.24, 2.45) is 0 Å². The second-order valence-electron chi connectivity index (χ2n) is 6.18. The molecule has 5 heteroatoms. The van der Waals surface area contributed by atoms with Crippen molar-refractivity contribution in [1.82, 2.24) is 5.32 Å². The summed E-state index contributed by atoms with van der Waals surface area (Å²) >= 11 is 0. The van der Waals surface area contributed by atoms with E-state index in [1.165, 1.54) is 0 Å². The summed E-state index contributed by atoms with van der Waals surface area (Å²) in [4.78, 5) is 14.6. The number of nitrogens with zero attached hydrogens (tertiary/aromatic N) is 1. The van der Waals surface area contributed by atoms with Crippen LogP contribution in [0.3, 0.4) is 0 Å². The molecule has 1 aliphatic heterocycles. The van der Waals surface area contributed by atoms with Gasteiger partial charge in [-0.05, 0) is 37.6 Å². The van der Waals surface area contributed by atoms with Crippen LogP contribution in [0.5, 0.6) is 0 Å². The first kappa shape index (κ1) is 17.5. The minimum absolute atomic E-state index is 0.0944. The number of carbonyl (C=O) groups excluding carboxylic acids is 1. The minimum Gasteiger partial charge on any atom is -0.379 e. The van der Waals surface area contributed by atoms with Crippen molar-refractivity contribution in [2.45, 2.75) is 25.5 Å². The highest BCUT2D eigenvalue weighted by Crippen LogP contribution is 2.25. The molecule has 1 saturated heterocycles. The van der Waals surface area contributed by atoms with Crippen LogP contribution in [0.15, 0.2) is 60.7 Å². The zero-order valence-corrected chi connectivity index (χ0v) is 14.4. The van der Waals surface area contributed by atoms with E-state index in [1.54, 1.807) is 4.90 Å². The zero-order valence-electron chi connectivity index (χ0n) is 14.4. The van der Waals surface area contributed by atoms with Crippen LogP contribution in [0.25, 0.3) is 0 Å². The third-order valence-electron chi connectivity index (χ3n) is 4.07. The standard InChI is InChI=1S/C20H24N2O3/c1-16(14-25-19-12-13-24-15-19)21-20(23)22(17-8-4-2-5-9-17)18-10-6-3-7-11-18/h2-11,16,19H,12-15H2,1H3,(H,21,23)/t16-,19+/m0/s1. The van der Waals surface area contributed by atoms with Crippen LogP contribution >= 0.6 is 0 Å². The summed E-state index contributed by atoms with van der Waals surface area (Å²) in [6.45, 7) is 3.81. The lowest BCUT2D eigenvalue weighted by Gasteiger charge is -2.26. The number of ether oxygens (including phenoxy) is 2. The molecule has 0 unspecified atom stereocenters. The molecule has 1 fully saturated rings. The molecule has 2 aromatic rings. The number of urea groups is 1. The normalized spacial score (nSPS) is 17.9. The van der Waals surface area contributed by atoms with Crippen LogP contribution in [0.4, 0.5) is 16.2 Å². The molecule has 5 nitrogen and oxygen atoms in total. The van der Waals surface area contributed by atoms with E-state index >= 15 is 0 Å². The smallest absolute Gasteiger partial charge is 0.326 e. The topological polar surface area (TPSA) is 50.8 Å². The predicted molar refractivity (Wildman–Crippen MR) is 98.2 cm³/mol. The number of hydrogen-bond acceptors (Lipinski definition) is 3. The molecular weight excluding hydrogens is 316 g/mol. The lowest BCUT2D eigenvalue weighted by molar-refractivity contribution is 0.0340. The van der Waals surface area contributed by atoms with Gasteiger partial charge in [0.2, 0.25) is 0 Å². The molecule has 2 aromatic carbocycles. The summed E-state index contributed by atoms with van der Waals surface area (Å²) in [6.07, 6.45) is 1.06. The lowest BCUT2D eigenvalue weighted by atomic mass is 10.2. The van der Waals surface area contributed by atoms with Gasteiger partial charge in [0.05, 0.1) is 36.7 Å². The maximum atomic E-state index is 12.9. The molecule has 1 N–H and O–H groups in total. The summed E-state index contributed by atoms with van der Waals surface area (Å²) < 4.78 is 11.1. The Kier molecular flexibility index (Phi) is 6.04. The number of para-hydroxylation sites is 2. The van der Waals surface area contributed by atoms with E-state index in [4.69, 9.17) is 9.47 Å². The van der Waals surface area contributed by atoms with Crippen molar-refractivity contribution in [3.05, 3.63) is 60.7 Å². The molecule has 0 aliphatic carbocycles. The van der Waals surface area contributed by atoms with E-state index in [1.807, 2.05) is 67.6 Å². The molecule has 1 aliphatic rings. The Morgan fingerprint density at radius 1 is 1.16 bits per heavy atom. The quantitative estimate of drug-likeness (QED) is 0.872. The maximum Gasteiger partial charge on any atom is 0.326 e. The van der Waals surface area contributed by atoms with E-state index < -0.39 is 0 Å². The molecule has 0 saturated carbocycles. The third kappa shape index (κ3) is 4.81. The summed E-state index contributed by atoms with van der Waals surface area (Å²) in [7, 11) is 0. The molecule has 0 bridgehead atoms. The highest BCUT2D eigenvalue weighted by atomic mass is 16.5. The molecule has 0 radical (unpaired) electrons. The molecular formula is C20H24N2O3. The average molecular weight is 340 g/mol. The first-order chi connectivity index (χ1) is 12.2. The molecule has 0 aromatic heterocycles. The van der Waals surface area contributed by atoms with Gasteiger partial charge in [0, 0.05) is 6.61 Å². The summed E-state index contributed by atoms with van der Waals surface area (Å²) in [6, 6.07) is 19.0. The lowest BCUT2D eigenvalue weighted by Crippen LogP contribution is -2.44. The summed E-state index contributed by atoms with van der Waals surface area (Å²) in [5.74, 6) is 0. The highest BCUT2D eigenvalue weighted by Gasteiger charge is 2.21. The van der Waals surface area contributed by atoms with Crippen LogP contribution in [0.2, 0.25) is 0 Å². The van der Waals surface area contributed by atoms with Crippen molar-refractivity contribution < 1.29 is 14.3 Å². The molecule has 3 rings (SSSR count). The third-order valence-corrected chi connectivity index (χ3v) is 4.07. The molecule has 25 heavy (non-hydrogen) atoms. The Hall–Kier alpha value is -2.37. The van der Waals surface area contributed by atoms with E-state index in [0.29, 0.717) is 13.2 Å². The molecule has 2 amide bonds. The number of hydrogen-bond donors (Lipinski definition) is 1. The van der Waals surface area contributed by atoms with Gasteiger partial charge in [-0.25, -0.2) is 4.79 Å². The fourth-order valence-electron chi connectivity index (χ4n) is 2.78. The van der Waals surface area contributed by atoms with Gasteiger partial charge in [0.25, 0.3) is 0 Å². The Labute approximate surface area is 148 Å². The van der Waals surface area contributed by atoms with E-state index in [9.17, 15) is 4.79 Å². The van der Waals surface area contributed by atoms with E-state index in [-0.39, 0.29) is 18.2 Å². The second kappa shape index (κ2) is 8.65. The maximum absolute atomic E-state index is 12.9. The SMILES string of the molecule is C[C@@H](CO[C@@H]1CCOC1)NC(=O)N(c1ccccc1)c1ccccc1. The Bertz CT molecular complexity index is 618. The monoisotopic (exact) mass is 340 g/mol. The van der Waals surface area contributed by atoms with Gasteiger partial charge in [0.1, 0.15) is 0 Å². The predicted octanol–water partition coefficient (Wildman–Crippen LogP) is 3.73. The first-order valence-electron chi connectivity index (χ1n) is 8.64. The number of amides is 2. The van der Waals surface area contributed by atoms with Crippen LogP contribution in [-0.2, 0) is 9.47 Å². The van der Waals surface area contributed by atoms with Crippen LogP contribution in [0.1, 0.15) is 13.3 Å². The molecule has 0 spiro atoms. The first-order valence-corrected chi connectivity index (χ1v) is 8.64. The van der Waals surface area contributed by atoms with Gasteiger partial charge in [-0.1, -0.05) is 36.4 Å². The molecule has 1 heterocycles. The summed E-state index contributed by atoms with van der Waals surface area (Å²) in [5, 5.41) is 3.02. The summed E-state index contributed by atoms with van der Waals surface area (Å²) in [5.41, 5.74) is 1.65. The van der Waals surface area contributed by atoms with Crippen molar-refractivity contribution in [2.75, 3.05) is 24.7 Å². The fourth-order valence-corrected chi connectivity index (χ4v) is 2.78. The van der Waals surface area contributed by atoms with Gasteiger partial charge in [-0.15, -0.1) is 0 Å². The Morgan fingerprint density at radius 3 is 2.28 bits per heavy atom. The molecule has 132 valence electrons. The number of carbonyl (C=O) groups is 1. The van der Waals surface area contributed by atoms with Gasteiger partial charge in [0.15, 0.2) is 0 Å². The van der Waals surface area contributed by atoms with Gasteiger partial charge >= 0.3 is 6.03 Å². The number of rotatable bonds is 6. The fraction of sp³-hybridized carbons (Fsp3) is 0.350. The van der Waals surface area contributed by atoms with Gasteiger partial charge in [-0.2, -0.15) is 0 Å². The second-order valence-corrected chi connectivity index (χ2v) is 6.18. The van der Waals surface area contributed by atoms with Crippen molar-refractivity contribution >= 4 is 17.4 Å². The highest BCUT2D eigenvalue weighted by molar-refractivity contribution is 5.99. The largest absolute Gasteiger partial charge is 0.379 e. The van der Waals surface area contributed by atoms with Gasteiger partial charge < -0.3 is 14.8 Å². The minimum atomic E-state index is -0.170. The van der Waals surface area contributed by atoms with Crippen molar-refractivity contribution in [3.63, 3.8) is 0 Å². The van der Waals surface area contributed by atoms with Crippen LogP contribution in [0, 0.1) is 0 Å². The Balaban J connectivity index is 1.66. The van der Waals surface area contributed by atoms with Crippen LogP contribution in [-0.4, -0.2) is 38.0 Å². The van der Waals surface area contributed by atoms with E-state index in [2.05, 4.69) is 5.32 Å². The van der Waals surface area contributed by atoms with Crippen LogP contribution < -0.4 is 10.2 Å². The van der Waals surface area contributed by atoms with Crippen molar-refractivity contribution in [1.29, 1.82) is 0 Å². The Morgan fingerprint density at radius 2 is 1.76 bits per heavy atom. The number of anilines is 2. The zero-order chi connectivity index (χ0) is 17.5. The average Bonchev–Trinajstić information content (AvgIpc) is 3.16. The number of benzene rings is 2. The van der Waals surface area contributed by atoms with E-state index in [0.717, 1.165) is 24.4 Å². The number of nitrogens with one attached hydrogen (secondary N) is 1.